The quantitative estimate of drug-likeness (QED) is 0.703. The molecule has 0 aliphatic heterocycles. The van der Waals surface area contributed by atoms with Crippen LogP contribution < -0.4 is 10.1 Å². The number of phenols is 1. The molecule has 7 heteroatoms. The van der Waals surface area contributed by atoms with Crippen LogP contribution in [-0.4, -0.2) is 32.4 Å². The van der Waals surface area contributed by atoms with Crippen LogP contribution in [0.1, 0.15) is 5.56 Å². The van der Waals surface area contributed by atoms with Gasteiger partial charge >= 0.3 is 0 Å². The standard InChI is InChI=1S/C17H16N4O3/c1-12-6-7-16(14(8-12)21-10-18-19-11-21)24-9-17(23)20-13-4-2-3-5-15(13)22/h2-8,10-11,22H,9H2,1H3,(H,20,23). The zero-order valence-corrected chi connectivity index (χ0v) is 13.0. The van der Waals surface area contributed by atoms with Gasteiger partial charge in [0.2, 0.25) is 0 Å². The van der Waals surface area contributed by atoms with Crippen LogP contribution in [0, 0.1) is 6.92 Å². The predicted molar refractivity (Wildman–Crippen MR) is 88.3 cm³/mol. The molecule has 0 saturated carbocycles. The Morgan fingerprint density at radius 2 is 1.96 bits per heavy atom. The van der Waals surface area contributed by atoms with E-state index in [2.05, 4.69) is 15.5 Å². The molecule has 1 amide bonds. The van der Waals surface area contributed by atoms with Gasteiger partial charge in [-0.25, -0.2) is 0 Å². The molecule has 0 radical (unpaired) electrons. The maximum absolute atomic E-state index is 12.0. The third-order valence-electron chi connectivity index (χ3n) is 3.35. The van der Waals surface area contributed by atoms with Crippen molar-refractivity contribution < 1.29 is 14.6 Å². The number of carbonyl (C=O) groups excluding carboxylic acids is 1. The summed E-state index contributed by atoms with van der Waals surface area (Å²) in [6.07, 6.45) is 3.12. The number of aromatic hydroxyl groups is 1. The van der Waals surface area contributed by atoms with Crippen molar-refractivity contribution >= 4 is 11.6 Å². The van der Waals surface area contributed by atoms with E-state index < -0.39 is 0 Å². The van der Waals surface area contributed by atoms with Gasteiger partial charge in [0.15, 0.2) is 6.61 Å². The minimum Gasteiger partial charge on any atom is -0.506 e. The molecule has 0 fully saturated rings. The Morgan fingerprint density at radius 1 is 1.21 bits per heavy atom. The number of hydrogen-bond acceptors (Lipinski definition) is 5. The number of aryl methyl sites for hydroxylation is 1. The molecule has 3 rings (SSSR count). The van der Waals surface area contributed by atoms with Gasteiger partial charge < -0.3 is 15.2 Å². The van der Waals surface area contributed by atoms with Gasteiger partial charge in [-0.2, -0.15) is 0 Å². The fraction of sp³-hybridized carbons (Fsp3) is 0.118. The van der Waals surface area contributed by atoms with Crippen LogP contribution in [0.4, 0.5) is 5.69 Å². The predicted octanol–water partition coefficient (Wildman–Crippen LogP) is 2.30. The van der Waals surface area contributed by atoms with Crippen LogP contribution in [0.5, 0.6) is 11.5 Å². The van der Waals surface area contributed by atoms with Crippen molar-refractivity contribution in [3.05, 3.63) is 60.7 Å². The summed E-state index contributed by atoms with van der Waals surface area (Å²) >= 11 is 0. The van der Waals surface area contributed by atoms with Gasteiger partial charge in [0.25, 0.3) is 5.91 Å². The lowest BCUT2D eigenvalue weighted by Gasteiger charge is -2.13. The van der Waals surface area contributed by atoms with Gasteiger partial charge in [-0.3, -0.25) is 9.36 Å². The first-order valence-corrected chi connectivity index (χ1v) is 7.30. The van der Waals surface area contributed by atoms with Crippen LogP contribution in [0.25, 0.3) is 5.69 Å². The van der Waals surface area contributed by atoms with Crippen LogP contribution in [0.2, 0.25) is 0 Å². The number of hydrogen-bond donors (Lipinski definition) is 2. The largest absolute Gasteiger partial charge is 0.506 e. The van der Waals surface area contributed by atoms with E-state index in [9.17, 15) is 9.90 Å². The van der Waals surface area contributed by atoms with Crippen molar-refractivity contribution in [3.63, 3.8) is 0 Å². The number of ether oxygens (including phenoxy) is 1. The van der Waals surface area contributed by atoms with E-state index in [1.54, 1.807) is 41.5 Å². The Hall–Kier alpha value is -3.35. The first-order valence-electron chi connectivity index (χ1n) is 7.30. The van der Waals surface area contributed by atoms with Crippen molar-refractivity contribution in [1.82, 2.24) is 14.8 Å². The molecule has 2 N–H and O–H groups in total. The van der Waals surface area contributed by atoms with Gasteiger partial charge in [0.05, 0.1) is 11.4 Å². The normalized spacial score (nSPS) is 10.4. The molecule has 0 unspecified atom stereocenters. The Kier molecular flexibility index (Phi) is 4.42. The lowest BCUT2D eigenvalue weighted by molar-refractivity contribution is -0.118. The smallest absolute Gasteiger partial charge is 0.262 e. The highest BCUT2D eigenvalue weighted by atomic mass is 16.5. The van der Waals surface area contributed by atoms with E-state index in [4.69, 9.17) is 4.74 Å². The van der Waals surface area contributed by atoms with Crippen molar-refractivity contribution in [2.75, 3.05) is 11.9 Å². The number of carbonyl (C=O) groups is 1. The van der Waals surface area contributed by atoms with Crippen molar-refractivity contribution in [2.24, 2.45) is 0 Å². The number of nitrogens with one attached hydrogen (secondary N) is 1. The Morgan fingerprint density at radius 3 is 2.71 bits per heavy atom. The first kappa shape index (κ1) is 15.5. The summed E-state index contributed by atoms with van der Waals surface area (Å²) in [5.74, 6) is 0.172. The third-order valence-corrected chi connectivity index (χ3v) is 3.35. The van der Waals surface area contributed by atoms with Crippen molar-refractivity contribution in [1.29, 1.82) is 0 Å². The molecule has 0 aliphatic rings. The molecule has 7 nitrogen and oxygen atoms in total. The van der Waals surface area contributed by atoms with Crippen molar-refractivity contribution in [2.45, 2.75) is 6.92 Å². The van der Waals surface area contributed by atoms with Crippen LogP contribution in [0.15, 0.2) is 55.1 Å². The highest BCUT2D eigenvalue weighted by molar-refractivity contribution is 5.93. The Bertz CT molecular complexity index is 847. The summed E-state index contributed by atoms with van der Waals surface area (Å²) in [6, 6.07) is 12.1. The lowest BCUT2D eigenvalue weighted by Crippen LogP contribution is -2.20. The topological polar surface area (TPSA) is 89.3 Å². The summed E-state index contributed by atoms with van der Waals surface area (Å²) < 4.78 is 7.33. The maximum Gasteiger partial charge on any atom is 0.262 e. The zero-order valence-electron chi connectivity index (χ0n) is 13.0. The van der Waals surface area contributed by atoms with E-state index >= 15 is 0 Å². The van der Waals surface area contributed by atoms with Crippen LogP contribution >= 0.6 is 0 Å². The molecule has 2 aromatic carbocycles. The Balaban J connectivity index is 1.71. The van der Waals surface area contributed by atoms with Crippen molar-refractivity contribution in [3.8, 4) is 17.2 Å². The first-order chi connectivity index (χ1) is 11.6. The summed E-state index contributed by atoms with van der Waals surface area (Å²) in [5, 5.41) is 19.8. The van der Waals surface area contributed by atoms with Gasteiger partial charge in [0.1, 0.15) is 24.2 Å². The number of aromatic nitrogens is 3. The SMILES string of the molecule is Cc1ccc(OCC(=O)Nc2ccccc2O)c(-n2cnnc2)c1. The molecule has 3 aromatic rings. The molecule has 0 aliphatic carbocycles. The second kappa shape index (κ2) is 6.82. The van der Waals surface area contributed by atoms with Crippen LogP contribution in [-0.2, 0) is 4.79 Å². The minimum atomic E-state index is -0.369. The number of anilines is 1. The highest BCUT2D eigenvalue weighted by Crippen LogP contribution is 2.24. The molecule has 1 aromatic heterocycles. The average Bonchev–Trinajstić information content (AvgIpc) is 3.10. The lowest BCUT2D eigenvalue weighted by atomic mass is 10.2. The average molecular weight is 324 g/mol. The van der Waals surface area contributed by atoms with Gasteiger partial charge in [0, 0.05) is 0 Å². The molecule has 0 atom stereocenters. The second-order valence-corrected chi connectivity index (χ2v) is 5.19. The molecule has 24 heavy (non-hydrogen) atoms. The summed E-state index contributed by atoms with van der Waals surface area (Å²) in [4.78, 5) is 12.0. The monoisotopic (exact) mass is 324 g/mol. The Labute approximate surface area is 138 Å². The number of nitrogens with zero attached hydrogens (tertiary/aromatic N) is 3. The fourth-order valence-electron chi connectivity index (χ4n) is 2.19. The minimum absolute atomic E-state index is 0.00589. The van der Waals surface area contributed by atoms with Crippen LogP contribution in [0.3, 0.4) is 0 Å². The van der Waals surface area contributed by atoms with E-state index in [1.807, 2.05) is 19.1 Å². The van der Waals surface area contributed by atoms with Gasteiger partial charge in [-0.1, -0.05) is 18.2 Å². The molecular formula is C17H16N4O3. The summed E-state index contributed by atoms with van der Waals surface area (Å²) in [6.45, 7) is 1.77. The van der Waals surface area contributed by atoms with Gasteiger partial charge in [-0.05, 0) is 36.8 Å². The number of benzene rings is 2. The highest BCUT2D eigenvalue weighted by Gasteiger charge is 2.10. The number of phenolic OH excluding ortho intramolecular Hbond substituents is 1. The van der Waals surface area contributed by atoms with E-state index in [0.717, 1.165) is 11.3 Å². The molecule has 0 spiro atoms. The molecule has 0 bridgehead atoms. The van der Waals surface area contributed by atoms with E-state index in [1.165, 1.54) is 6.07 Å². The third kappa shape index (κ3) is 3.52. The summed E-state index contributed by atoms with van der Waals surface area (Å²) in [5.41, 5.74) is 2.13. The molecule has 122 valence electrons. The zero-order chi connectivity index (χ0) is 16.9. The molecule has 0 saturated heterocycles. The number of amides is 1. The molecule has 1 heterocycles. The number of rotatable bonds is 5. The fourth-order valence-corrected chi connectivity index (χ4v) is 2.19. The number of para-hydroxylation sites is 2. The van der Waals surface area contributed by atoms with Gasteiger partial charge in [-0.15, -0.1) is 10.2 Å². The second-order valence-electron chi connectivity index (χ2n) is 5.19. The van der Waals surface area contributed by atoms with E-state index in [0.29, 0.717) is 11.4 Å². The van der Waals surface area contributed by atoms with E-state index in [-0.39, 0.29) is 18.3 Å². The molecular weight excluding hydrogens is 308 g/mol. The maximum atomic E-state index is 12.0. The summed E-state index contributed by atoms with van der Waals surface area (Å²) in [7, 11) is 0.